The quantitative estimate of drug-likeness (QED) is 0.790. The average Bonchev–Trinajstić information content (AvgIpc) is 3.03. The molecule has 0 radical (unpaired) electrons. The Bertz CT molecular complexity index is 708. The zero-order valence-corrected chi connectivity index (χ0v) is 14.3. The van der Waals surface area contributed by atoms with Gasteiger partial charge in [0.2, 0.25) is 5.95 Å². The molecule has 23 heavy (non-hydrogen) atoms. The topological polar surface area (TPSA) is 73.6 Å². The number of nitriles is 1. The van der Waals surface area contributed by atoms with Crippen molar-refractivity contribution in [2.24, 2.45) is 0 Å². The summed E-state index contributed by atoms with van der Waals surface area (Å²) in [5.41, 5.74) is 2.54. The van der Waals surface area contributed by atoms with Crippen LogP contribution in [-0.2, 0) is 6.42 Å². The molecule has 1 saturated carbocycles. The molecule has 0 bridgehead atoms. The fraction of sp³-hybridized carbons (Fsp3) is 0.353. The molecule has 3 rings (SSSR count). The van der Waals surface area contributed by atoms with Crippen LogP contribution in [0.5, 0.6) is 0 Å². The van der Waals surface area contributed by atoms with Crippen LogP contribution < -0.4 is 10.6 Å². The van der Waals surface area contributed by atoms with Crippen molar-refractivity contribution in [2.45, 2.75) is 38.1 Å². The number of dihydropyridines is 1. The summed E-state index contributed by atoms with van der Waals surface area (Å²) in [6.45, 7) is 0. The van der Waals surface area contributed by atoms with E-state index in [-0.39, 0.29) is 6.42 Å². The van der Waals surface area contributed by atoms with E-state index in [0.717, 1.165) is 34.4 Å². The maximum atomic E-state index is 9.07. The number of allylic oxidation sites excluding steroid dienone is 3. The van der Waals surface area contributed by atoms with Gasteiger partial charge in [-0.05, 0) is 47.0 Å². The number of halogens is 1. The van der Waals surface area contributed by atoms with E-state index < -0.39 is 0 Å². The number of nitrogens with zero attached hydrogens (tertiary/aromatic N) is 3. The number of hydrogen-bond acceptors (Lipinski definition) is 5. The van der Waals surface area contributed by atoms with Gasteiger partial charge in [-0.1, -0.05) is 18.9 Å². The third-order valence-corrected chi connectivity index (χ3v) is 4.39. The van der Waals surface area contributed by atoms with Gasteiger partial charge in [-0.15, -0.1) is 0 Å². The Morgan fingerprint density at radius 3 is 3.00 bits per heavy atom. The van der Waals surface area contributed by atoms with Crippen molar-refractivity contribution in [2.75, 3.05) is 5.32 Å². The van der Waals surface area contributed by atoms with E-state index in [1.807, 2.05) is 24.3 Å². The van der Waals surface area contributed by atoms with Crippen molar-refractivity contribution < 1.29 is 0 Å². The van der Waals surface area contributed by atoms with Crippen LogP contribution >= 0.6 is 15.9 Å². The highest BCUT2D eigenvalue weighted by molar-refractivity contribution is 9.11. The maximum Gasteiger partial charge on any atom is 0.223 e. The van der Waals surface area contributed by atoms with Crippen LogP contribution in [-0.4, -0.2) is 16.0 Å². The molecular formula is C17H18BrN5. The monoisotopic (exact) mass is 371 g/mol. The minimum atomic E-state index is 0.266. The van der Waals surface area contributed by atoms with Crippen LogP contribution in [0, 0.1) is 11.3 Å². The second-order valence-electron chi connectivity index (χ2n) is 5.65. The standard InChI is InChI=1S/C17H18BrN5/c18-16-7-3-6-14(21-16)10-12-11-20-17(23-15(12)8-9-19)22-13-4-1-2-5-13/h3,6-7,10-11,13,21H,1-2,4-5,8H2,(H,20,22,23). The molecular weight excluding hydrogens is 354 g/mol. The Balaban J connectivity index is 1.82. The number of nitrogens with one attached hydrogen (secondary N) is 2. The lowest BCUT2D eigenvalue weighted by Gasteiger charge is -2.14. The first-order chi connectivity index (χ1) is 11.2. The minimum Gasteiger partial charge on any atom is -0.351 e. The van der Waals surface area contributed by atoms with Gasteiger partial charge in [0, 0.05) is 23.5 Å². The molecule has 0 spiro atoms. The normalized spacial score (nSPS) is 19.3. The van der Waals surface area contributed by atoms with Crippen molar-refractivity contribution in [3.8, 4) is 6.07 Å². The maximum absolute atomic E-state index is 9.07. The molecule has 0 amide bonds. The average molecular weight is 372 g/mol. The Labute approximate surface area is 144 Å². The van der Waals surface area contributed by atoms with Gasteiger partial charge in [-0.3, -0.25) is 0 Å². The second kappa shape index (κ2) is 7.42. The van der Waals surface area contributed by atoms with E-state index in [0.29, 0.717) is 12.0 Å². The Morgan fingerprint density at radius 2 is 2.26 bits per heavy atom. The minimum absolute atomic E-state index is 0.266. The fourth-order valence-electron chi connectivity index (χ4n) is 2.79. The van der Waals surface area contributed by atoms with E-state index in [4.69, 9.17) is 5.26 Å². The van der Waals surface area contributed by atoms with Crippen molar-refractivity contribution >= 4 is 28.0 Å². The molecule has 5 nitrogen and oxygen atoms in total. The summed E-state index contributed by atoms with van der Waals surface area (Å²) < 4.78 is 0.897. The zero-order chi connectivity index (χ0) is 16.1. The highest BCUT2D eigenvalue weighted by Crippen LogP contribution is 2.22. The lowest BCUT2D eigenvalue weighted by atomic mass is 10.1. The zero-order valence-electron chi connectivity index (χ0n) is 12.7. The summed E-state index contributed by atoms with van der Waals surface area (Å²) in [6.07, 6.45) is 14.7. The van der Waals surface area contributed by atoms with Crippen LogP contribution in [0.1, 0.15) is 36.9 Å². The Kier molecular flexibility index (Phi) is 5.09. The van der Waals surface area contributed by atoms with Crippen LogP contribution in [0.2, 0.25) is 0 Å². The van der Waals surface area contributed by atoms with Gasteiger partial charge < -0.3 is 10.6 Å². The van der Waals surface area contributed by atoms with Gasteiger partial charge in [0.1, 0.15) is 0 Å². The molecule has 0 unspecified atom stereocenters. The van der Waals surface area contributed by atoms with Gasteiger partial charge in [0.25, 0.3) is 0 Å². The van der Waals surface area contributed by atoms with Gasteiger partial charge in [-0.2, -0.15) is 5.26 Å². The lowest BCUT2D eigenvalue weighted by molar-refractivity contribution is 0.742. The summed E-state index contributed by atoms with van der Waals surface area (Å²) in [6, 6.07) is 2.64. The number of anilines is 1. The first kappa shape index (κ1) is 15.8. The van der Waals surface area contributed by atoms with E-state index in [9.17, 15) is 0 Å². The van der Waals surface area contributed by atoms with Gasteiger partial charge in [-0.25, -0.2) is 9.97 Å². The molecule has 2 heterocycles. The van der Waals surface area contributed by atoms with Crippen molar-refractivity contribution in [3.63, 3.8) is 0 Å². The third kappa shape index (κ3) is 4.20. The van der Waals surface area contributed by atoms with Crippen molar-refractivity contribution in [1.82, 2.24) is 15.3 Å². The Hall–Kier alpha value is -2.13. The van der Waals surface area contributed by atoms with Crippen LogP contribution in [0.4, 0.5) is 5.95 Å². The molecule has 1 fully saturated rings. The van der Waals surface area contributed by atoms with Crippen LogP contribution in [0.15, 0.2) is 34.7 Å². The third-order valence-electron chi connectivity index (χ3n) is 3.93. The molecule has 118 valence electrons. The second-order valence-corrected chi connectivity index (χ2v) is 6.51. The summed E-state index contributed by atoms with van der Waals surface area (Å²) in [5.74, 6) is 0.623. The predicted molar refractivity (Wildman–Crippen MR) is 94.5 cm³/mol. The van der Waals surface area contributed by atoms with Gasteiger partial charge >= 0.3 is 0 Å². The molecule has 0 saturated heterocycles. The summed E-state index contributed by atoms with van der Waals surface area (Å²) in [5, 5.41) is 15.7. The van der Waals surface area contributed by atoms with E-state index >= 15 is 0 Å². The van der Waals surface area contributed by atoms with E-state index in [2.05, 4.69) is 42.6 Å². The fourth-order valence-corrected chi connectivity index (χ4v) is 3.18. The molecule has 1 aliphatic carbocycles. The van der Waals surface area contributed by atoms with Gasteiger partial charge in [0.15, 0.2) is 0 Å². The van der Waals surface area contributed by atoms with E-state index in [1.54, 1.807) is 6.20 Å². The molecule has 2 N–H and O–H groups in total. The highest BCUT2D eigenvalue weighted by atomic mass is 79.9. The molecule has 1 aromatic rings. The molecule has 1 aromatic heterocycles. The first-order valence-corrected chi connectivity index (χ1v) is 8.56. The van der Waals surface area contributed by atoms with Crippen molar-refractivity contribution in [1.29, 1.82) is 5.26 Å². The predicted octanol–water partition coefficient (Wildman–Crippen LogP) is 3.63. The number of rotatable bonds is 4. The Morgan fingerprint density at radius 1 is 1.43 bits per heavy atom. The molecule has 6 heteroatoms. The highest BCUT2D eigenvalue weighted by Gasteiger charge is 2.16. The lowest BCUT2D eigenvalue weighted by Crippen LogP contribution is -2.17. The summed E-state index contributed by atoms with van der Waals surface area (Å²) >= 11 is 3.42. The van der Waals surface area contributed by atoms with Gasteiger partial charge in [0.05, 0.1) is 22.8 Å². The van der Waals surface area contributed by atoms with E-state index in [1.165, 1.54) is 12.8 Å². The van der Waals surface area contributed by atoms with Crippen molar-refractivity contribution in [3.05, 3.63) is 46.0 Å². The smallest absolute Gasteiger partial charge is 0.223 e. The largest absolute Gasteiger partial charge is 0.351 e. The van der Waals surface area contributed by atoms with Crippen LogP contribution in [0.25, 0.3) is 6.08 Å². The molecule has 2 aliphatic rings. The number of aromatic nitrogens is 2. The van der Waals surface area contributed by atoms with Crippen LogP contribution in [0.3, 0.4) is 0 Å². The molecule has 1 aliphatic heterocycles. The summed E-state index contributed by atoms with van der Waals surface area (Å²) in [4.78, 5) is 8.96. The molecule has 0 atom stereocenters. The molecule has 0 aromatic carbocycles. The number of hydrogen-bond donors (Lipinski definition) is 2. The first-order valence-electron chi connectivity index (χ1n) is 7.76. The summed E-state index contributed by atoms with van der Waals surface area (Å²) in [7, 11) is 0. The SMILES string of the molecule is N#CCc1nc(NC2CCCC2)ncc1C=C1C=CC=C(Br)N1.